The lowest BCUT2D eigenvalue weighted by Crippen LogP contribution is -2.19. The number of anilines is 1. The molecule has 7 heteroatoms. The highest BCUT2D eigenvalue weighted by molar-refractivity contribution is 9.10. The standard InChI is InChI=1S/C10H11BrN2O4/c1-6(11)10(14)12-7-3-4-9(17-2)8(5-7)13(15)16/h3-6H,1-2H3,(H,12,14). The predicted octanol–water partition coefficient (Wildman–Crippen LogP) is 2.33. The number of benzene rings is 1. The van der Waals surface area contributed by atoms with Crippen molar-refractivity contribution in [1.29, 1.82) is 0 Å². The van der Waals surface area contributed by atoms with Gasteiger partial charge in [-0.1, -0.05) is 15.9 Å². The summed E-state index contributed by atoms with van der Waals surface area (Å²) in [5.74, 6) is -0.121. The molecule has 1 N–H and O–H groups in total. The van der Waals surface area contributed by atoms with Gasteiger partial charge in [0.05, 0.1) is 16.9 Å². The third kappa shape index (κ3) is 3.42. The van der Waals surface area contributed by atoms with Crippen LogP contribution in [0.1, 0.15) is 6.92 Å². The highest BCUT2D eigenvalue weighted by Gasteiger charge is 2.17. The van der Waals surface area contributed by atoms with Gasteiger partial charge in [-0.3, -0.25) is 14.9 Å². The van der Waals surface area contributed by atoms with E-state index in [-0.39, 0.29) is 22.2 Å². The number of hydrogen-bond donors (Lipinski definition) is 1. The van der Waals surface area contributed by atoms with Crippen molar-refractivity contribution in [3.05, 3.63) is 28.3 Å². The Morgan fingerprint density at radius 1 is 1.59 bits per heavy atom. The number of carbonyl (C=O) groups excluding carboxylic acids is 1. The summed E-state index contributed by atoms with van der Waals surface area (Å²) in [6.45, 7) is 1.66. The van der Waals surface area contributed by atoms with Crippen LogP contribution in [0.4, 0.5) is 11.4 Å². The van der Waals surface area contributed by atoms with Crippen LogP contribution in [-0.2, 0) is 4.79 Å². The van der Waals surface area contributed by atoms with Crippen LogP contribution in [0, 0.1) is 10.1 Å². The maximum Gasteiger partial charge on any atom is 0.312 e. The number of hydrogen-bond acceptors (Lipinski definition) is 4. The Morgan fingerprint density at radius 3 is 2.71 bits per heavy atom. The zero-order valence-electron chi connectivity index (χ0n) is 9.27. The minimum atomic E-state index is -0.563. The van der Waals surface area contributed by atoms with Crippen molar-refractivity contribution in [3.8, 4) is 5.75 Å². The molecule has 0 heterocycles. The number of nitro groups is 1. The summed E-state index contributed by atoms with van der Waals surface area (Å²) < 4.78 is 4.85. The number of rotatable bonds is 4. The van der Waals surface area contributed by atoms with Crippen molar-refractivity contribution in [3.63, 3.8) is 0 Å². The first-order chi connectivity index (χ1) is 7.95. The van der Waals surface area contributed by atoms with E-state index >= 15 is 0 Å². The molecule has 0 radical (unpaired) electrons. The molecule has 0 spiro atoms. The quantitative estimate of drug-likeness (QED) is 0.526. The molecule has 0 aliphatic rings. The molecular weight excluding hydrogens is 292 g/mol. The number of methoxy groups -OCH3 is 1. The van der Waals surface area contributed by atoms with E-state index in [4.69, 9.17) is 4.74 Å². The zero-order valence-corrected chi connectivity index (χ0v) is 10.9. The van der Waals surface area contributed by atoms with Crippen LogP contribution in [0.15, 0.2) is 18.2 Å². The molecule has 0 aliphatic carbocycles. The van der Waals surface area contributed by atoms with Gasteiger partial charge < -0.3 is 10.1 Å². The molecule has 0 aromatic heterocycles. The van der Waals surface area contributed by atoms with E-state index < -0.39 is 4.92 Å². The number of nitro benzene ring substituents is 1. The summed E-state index contributed by atoms with van der Waals surface area (Å²) in [6.07, 6.45) is 0. The fourth-order valence-corrected chi connectivity index (χ4v) is 1.27. The van der Waals surface area contributed by atoms with Crippen molar-refractivity contribution in [2.45, 2.75) is 11.8 Å². The molecule has 6 nitrogen and oxygen atoms in total. The highest BCUT2D eigenvalue weighted by Crippen LogP contribution is 2.29. The topological polar surface area (TPSA) is 81.5 Å². The molecule has 1 aromatic carbocycles. The second kappa shape index (κ2) is 5.62. The SMILES string of the molecule is COc1ccc(NC(=O)C(C)Br)cc1[N+](=O)[O-]. The van der Waals surface area contributed by atoms with Gasteiger partial charge in [-0.25, -0.2) is 0 Å². The number of amides is 1. The first-order valence-electron chi connectivity index (χ1n) is 4.73. The van der Waals surface area contributed by atoms with Crippen molar-refractivity contribution in [1.82, 2.24) is 0 Å². The summed E-state index contributed by atoms with van der Waals surface area (Å²) in [5, 5.41) is 13.3. The van der Waals surface area contributed by atoms with Crippen LogP contribution in [0.3, 0.4) is 0 Å². The summed E-state index contributed by atoms with van der Waals surface area (Å²) in [6, 6.07) is 4.23. The van der Waals surface area contributed by atoms with Crippen LogP contribution in [0.25, 0.3) is 0 Å². The van der Waals surface area contributed by atoms with Gasteiger partial charge in [-0.05, 0) is 19.1 Å². The van der Waals surface area contributed by atoms with Gasteiger partial charge in [-0.2, -0.15) is 0 Å². The highest BCUT2D eigenvalue weighted by atomic mass is 79.9. The Labute approximate surface area is 106 Å². The van der Waals surface area contributed by atoms with Crippen molar-refractivity contribution >= 4 is 33.2 Å². The Morgan fingerprint density at radius 2 is 2.24 bits per heavy atom. The van der Waals surface area contributed by atoms with Crippen LogP contribution >= 0.6 is 15.9 Å². The largest absolute Gasteiger partial charge is 0.490 e. The summed E-state index contributed by atoms with van der Waals surface area (Å²) in [5.41, 5.74) is 0.168. The van der Waals surface area contributed by atoms with Crippen LogP contribution in [-0.4, -0.2) is 22.8 Å². The zero-order chi connectivity index (χ0) is 13.0. The van der Waals surface area contributed by atoms with Gasteiger partial charge in [0.25, 0.3) is 0 Å². The van der Waals surface area contributed by atoms with E-state index in [0.29, 0.717) is 5.69 Å². The average molecular weight is 303 g/mol. The maximum atomic E-state index is 11.4. The van der Waals surface area contributed by atoms with Crippen molar-refractivity contribution in [2.75, 3.05) is 12.4 Å². The molecule has 1 amide bonds. The van der Waals surface area contributed by atoms with E-state index in [9.17, 15) is 14.9 Å². The lowest BCUT2D eigenvalue weighted by atomic mass is 10.2. The van der Waals surface area contributed by atoms with Crippen LogP contribution in [0.5, 0.6) is 5.75 Å². The van der Waals surface area contributed by atoms with E-state index in [1.807, 2.05) is 0 Å². The first kappa shape index (κ1) is 13.4. The number of nitrogens with one attached hydrogen (secondary N) is 1. The molecule has 0 aliphatic heterocycles. The van der Waals surface area contributed by atoms with Gasteiger partial charge in [0.15, 0.2) is 5.75 Å². The molecule has 17 heavy (non-hydrogen) atoms. The Bertz CT molecular complexity index is 448. The van der Waals surface area contributed by atoms with E-state index in [0.717, 1.165) is 0 Å². The second-order valence-electron chi connectivity index (χ2n) is 3.25. The van der Waals surface area contributed by atoms with Gasteiger partial charge in [0.2, 0.25) is 5.91 Å². The summed E-state index contributed by atoms with van der Waals surface area (Å²) in [4.78, 5) is 21.2. The third-order valence-corrected chi connectivity index (χ3v) is 2.42. The van der Waals surface area contributed by atoms with Crippen LogP contribution in [0.2, 0.25) is 0 Å². The Hall–Kier alpha value is -1.63. The molecule has 1 unspecified atom stereocenters. The molecular formula is C10H11BrN2O4. The van der Waals surface area contributed by atoms with Gasteiger partial charge in [-0.15, -0.1) is 0 Å². The average Bonchev–Trinajstić information content (AvgIpc) is 2.28. The lowest BCUT2D eigenvalue weighted by molar-refractivity contribution is -0.385. The fourth-order valence-electron chi connectivity index (χ4n) is 1.15. The molecule has 0 fully saturated rings. The lowest BCUT2D eigenvalue weighted by Gasteiger charge is -2.08. The first-order valence-corrected chi connectivity index (χ1v) is 5.64. The molecule has 0 saturated carbocycles. The number of nitrogens with zero attached hydrogens (tertiary/aromatic N) is 1. The molecule has 1 aromatic rings. The van der Waals surface area contributed by atoms with Gasteiger partial charge in [0.1, 0.15) is 0 Å². The van der Waals surface area contributed by atoms with Crippen molar-refractivity contribution < 1.29 is 14.5 Å². The van der Waals surface area contributed by atoms with Crippen molar-refractivity contribution in [2.24, 2.45) is 0 Å². The summed E-state index contributed by atoms with van der Waals surface area (Å²) in [7, 11) is 1.35. The number of carbonyl (C=O) groups is 1. The third-order valence-electron chi connectivity index (χ3n) is 2.00. The van der Waals surface area contributed by atoms with Crippen LogP contribution < -0.4 is 10.1 Å². The monoisotopic (exact) mass is 302 g/mol. The smallest absolute Gasteiger partial charge is 0.312 e. The number of halogens is 1. The van der Waals surface area contributed by atoms with Gasteiger partial charge in [0, 0.05) is 11.8 Å². The number of alkyl halides is 1. The molecule has 1 atom stereocenters. The fraction of sp³-hybridized carbons (Fsp3) is 0.300. The predicted molar refractivity (Wildman–Crippen MR) is 66.7 cm³/mol. The molecule has 1 rings (SSSR count). The minimum Gasteiger partial charge on any atom is -0.490 e. The Balaban J connectivity index is 3.00. The molecule has 0 bridgehead atoms. The Kier molecular flexibility index (Phi) is 4.45. The second-order valence-corrected chi connectivity index (χ2v) is 4.62. The van der Waals surface area contributed by atoms with E-state index in [2.05, 4.69) is 21.2 Å². The normalized spacial score (nSPS) is 11.7. The molecule has 0 saturated heterocycles. The van der Waals surface area contributed by atoms with E-state index in [1.165, 1.54) is 19.2 Å². The molecule has 92 valence electrons. The van der Waals surface area contributed by atoms with E-state index in [1.54, 1.807) is 13.0 Å². The van der Waals surface area contributed by atoms with Gasteiger partial charge >= 0.3 is 5.69 Å². The maximum absolute atomic E-state index is 11.4. The minimum absolute atomic E-state index is 0.153. The number of ether oxygens (including phenoxy) is 1. The summed E-state index contributed by atoms with van der Waals surface area (Å²) >= 11 is 3.10.